The minimum Gasteiger partial charge on any atom is -0.482 e. The summed E-state index contributed by atoms with van der Waals surface area (Å²) in [7, 11) is 0. The molecular formula is C23H28N2O4. The number of anilines is 1. The van der Waals surface area contributed by atoms with E-state index in [2.05, 4.69) is 5.32 Å². The second-order valence-corrected chi connectivity index (χ2v) is 9.57. The fraction of sp³-hybridized carbons (Fsp3) is 0.609. The highest BCUT2D eigenvalue weighted by atomic mass is 16.5. The van der Waals surface area contributed by atoms with Gasteiger partial charge in [0.1, 0.15) is 5.75 Å². The smallest absolute Gasteiger partial charge is 0.265 e. The van der Waals surface area contributed by atoms with Gasteiger partial charge in [-0.05, 0) is 81.4 Å². The van der Waals surface area contributed by atoms with Crippen LogP contribution in [0.5, 0.6) is 5.75 Å². The standard InChI is InChI=1S/C23H28N2O4/c1-14(26)18-2-3-20-19(9-18)25(22(28)13-29-20)5-4-21(27)24-23-10-15-6-16(11-23)8-17(7-15)12-23/h2-3,9,15-17H,4-8,10-13H2,1H3,(H,24,27). The number of fused-ring (bicyclic) bond motifs is 1. The number of benzene rings is 1. The van der Waals surface area contributed by atoms with Gasteiger partial charge in [-0.1, -0.05) is 0 Å². The van der Waals surface area contributed by atoms with Crippen molar-refractivity contribution in [2.24, 2.45) is 17.8 Å². The van der Waals surface area contributed by atoms with Crippen molar-refractivity contribution in [3.8, 4) is 5.75 Å². The summed E-state index contributed by atoms with van der Waals surface area (Å²) in [6.07, 6.45) is 7.63. The Morgan fingerprint density at radius 2 is 1.79 bits per heavy atom. The zero-order chi connectivity index (χ0) is 20.2. The lowest BCUT2D eigenvalue weighted by Crippen LogP contribution is -2.60. The average molecular weight is 396 g/mol. The second-order valence-electron chi connectivity index (χ2n) is 9.57. The number of ether oxygens (including phenoxy) is 1. The Bertz CT molecular complexity index is 842. The first kappa shape index (κ1) is 18.6. The van der Waals surface area contributed by atoms with E-state index < -0.39 is 0 Å². The maximum Gasteiger partial charge on any atom is 0.265 e. The molecule has 1 N–H and O–H groups in total. The molecule has 6 nitrogen and oxygen atoms in total. The summed E-state index contributed by atoms with van der Waals surface area (Å²) in [6.45, 7) is 1.76. The van der Waals surface area contributed by atoms with Gasteiger partial charge in [-0.2, -0.15) is 0 Å². The van der Waals surface area contributed by atoms with Gasteiger partial charge in [0.2, 0.25) is 5.91 Å². The van der Waals surface area contributed by atoms with Gasteiger partial charge < -0.3 is 15.0 Å². The lowest BCUT2D eigenvalue weighted by Gasteiger charge is -2.57. The quantitative estimate of drug-likeness (QED) is 0.776. The first-order valence-corrected chi connectivity index (χ1v) is 10.8. The molecule has 0 saturated heterocycles. The van der Waals surface area contributed by atoms with Crippen molar-refractivity contribution < 1.29 is 19.1 Å². The number of Topliss-reactive ketones (excluding diaryl/α,β-unsaturated/α-hetero) is 1. The first-order valence-electron chi connectivity index (χ1n) is 10.8. The largest absolute Gasteiger partial charge is 0.482 e. The fourth-order valence-corrected chi connectivity index (χ4v) is 6.50. The van der Waals surface area contributed by atoms with Crippen LogP contribution in [0.4, 0.5) is 5.69 Å². The molecule has 1 heterocycles. The zero-order valence-corrected chi connectivity index (χ0v) is 16.9. The summed E-state index contributed by atoms with van der Waals surface area (Å²) in [4.78, 5) is 38.6. The van der Waals surface area contributed by atoms with Crippen LogP contribution >= 0.6 is 0 Å². The van der Waals surface area contributed by atoms with Gasteiger partial charge in [-0.25, -0.2) is 0 Å². The van der Waals surface area contributed by atoms with Gasteiger partial charge in [0.25, 0.3) is 5.91 Å². The molecule has 0 atom stereocenters. The van der Waals surface area contributed by atoms with Crippen LogP contribution in [0.2, 0.25) is 0 Å². The van der Waals surface area contributed by atoms with E-state index in [-0.39, 0.29) is 36.2 Å². The van der Waals surface area contributed by atoms with E-state index in [0.29, 0.717) is 23.5 Å². The van der Waals surface area contributed by atoms with E-state index in [0.717, 1.165) is 37.0 Å². The SMILES string of the molecule is CC(=O)c1ccc2c(c1)N(CCC(=O)NC13CC4CC(CC(C4)C1)C3)C(=O)CO2. The molecule has 0 unspecified atom stereocenters. The van der Waals surface area contributed by atoms with E-state index in [1.165, 1.54) is 26.2 Å². The number of nitrogens with zero attached hydrogens (tertiary/aromatic N) is 1. The normalized spacial score (nSPS) is 32.0. The average Bonchev–Trinajstić information content (AvgIpc) is 2.65. The molecule has 0 spiro atoms. The van der Waals surface area contributed by atoms with Crippen molar-refractivity contribution in [3.05, 3.63) is 23.8 Å². The van der Waals surface area contributed by atoms with Gasteiger partial charge >= 0.3 is 0 Å². The first-order chi connectivity index (χ1) is 13.9. The Hall–Kier alpha value is -2.37. The van der Waals surface area contributed by atoms with Crippen molar-refractivity contribution in [2.45, 2.75) is 57.4 Å². The van der Waals surface area contributed by atoms with E-state index in [1.54, 1.807) is 23.1 Å². The van der Waals surface area contributed by atoms with Crippen LogP contribution in [0.25, 0.3) is 0 Å². The Morgan fingerprint density at radius 1 is 1.14 bits per heavy atom. The molecule has 0 aromatic heterocycles. The predicted octanol–water partition coefficient (Wildman–Crippen LogP) is 3.09. The highest BCUT2D eigenvalue weighted by Gasteiger charge is 2.51. The molecule has 5 aliphatic rings. The van der Waals surface area contributed by atoms with Gasteiger partial charge in [0.15, 0.2) is 12.4 Å². The van der Waals surface area contributed by atoms with Crippen molar-refractivity contribution in [2.75, 3.05) is 18.1 Å². The summed E-state index contributed by atoms with van der Waals surface area (Å²) < 4.78 is 5.50. The van der Waals surface area contributed by atoms with Crippen LogP contribution in [0.1, 0.15) is 62.2 Å². The van der Waals surface area contributed by atoms with E-state index in [1.807, 2.05) is 0 Å². The van der Waals surface area contributed by atoms with Crippen LogP contribution in [0, 0.1) is 17.8 Å². The van der Waals surface area contributed by atoms with Gasteiger partial charge in [-0.15, -0.1) is 0 Å². The Labute approximate surface area is 171 Å². The molecule has 1 aromatic carbocycles. The molecule has 4 bridgehead atoms. The summed E-state index contributed by atoms with van der Waals surface area (Å²) in [5.41, 5.74) is 1.10. The maximum absolute atomic E-state index is 12.8. The summed E-state index contributed by atoms with van der Waals surface area (Å²) in [6, 6.07) is 5.11. The maximum atomic E-state index is 12.8. The molecule has 4 aliphatic carbocycles. The lowest BCUT2D eigenvalue weighted by atomic mass is 9.53. The van der Waals surface area contributed by atoms with Crippen molar-refractivity contribution in [3.63, 3.8) is 0 Å². The Kier molecular flexibility index (Phi) is 4.41. The van der Waals surface area contributed by atoms with E-state index in [4.69, 9.17) is 4.74 Å². The molecule has 1 aliphatic heterocycles. The van der Waals surface area contributed by atoms with E-state index >= 15 is 0 Å². The molecule has 6 heteroatoms. The highest BCUT2D eigenvalue weighted by Crippen LogP contribution is 2.55. The number of ketones is 1. The Morgan fingerprint density at radius 3 is 2.41 bits per heavy atom. The molecule has 2 amide bonds. The van der Waals surface area contributed by atoms with Crippen molar-refractivity contribution in [1.29, 1.82) is 0 Å². The number of carbonyl (C=O) groups is 3. The van der Waals surface area contributed by atoms with Gasteiger partial charge in [0, 0.05) is 24.1 Å². The van der Waals surface area contributed by atoms with Crippen LogP contribution in [0.15, 0.2) is 18.2 Å². The third-order valence-electron chi connectivity index (χ3n) is 7.31. The molecule has 29 heavy (non-hydrogen) atoms. The minimum absolute atomic E-state index is 0.0133. The number of amides is 2. The van der Waals surface area contributed by atoms with Crippen LogP contribution < -0.4 is 15.0 Å². The number of nitrogens with one attached hydrogen (secondary N) is 1. The molecular weight excluding hydrogens is 368 g/mol. The minimum atomic E-state index is -0.180. The number of hydrogen-bond acceptors (Lipinski definition) is 4. The highest BCUT2D eigenvalue weighted by molar-refractivity contribution is 6.01. The fourth-order valence-electron chi connectivity index (χ4n) is 6.50. The molecule has 0 radical (unpaired) electrons. The van der Waals surface area contributed by atoms with Crippen LogP contribution in [-0.2, 0) is 9.59 Å². The summed E-state index contributed by atoms with van der Waals surface area (Å²) in [5, 5.41) is 3.37. The predicted molar refractivity (Wildman–Crippen MR) is 108 cm³/mol. The van der Waals surface area contributed by atoms with Gasteiger partial charge in [-0.3, -0.25) is 14.4 Å². The number of hydrogen-bond donors (Lipinski definition) is 1. The molecule has 4 fully saturated rings. The summed E-state index contributed by atoms with van der Waals surface area (Å²) in [5.74, 6) is 2.69. The van der Waals surface area contributed by atoms with E-state index in [9.17, 15) is 14.4 Å². The lowest BCUT2D eigenvalue weighted by molar-refractivity contribution is -0.126. The van der Waals surface area contributed by atoms with Crippen molar-refractivity contribution in [1.82, 2.24) is 5.32 Å². The molecule has 1 aromatic rings. The zero-order valence-electron chi connectivity index (χ0n) is 16.9. The topological polar surface area (TPSA) is 75.7 Å². The van der Waals surface area contributed by atoms with Crippen molar-refractivity contribution >= 4 is 23.3 Å². The number of rotatable bonds is 5. The van der Waals surface area contributed by atoms with Crippen LogP contribution in [-0.4, -0.2) is 36.3 Å². The molecule has 154 valence electrons. The molecule has 4 saturated carbocycles. The third kappa shape index (κ3) is 3.43. The molecule has 6 rings (SSSR count). The summed E-state index contributed by atoms with van der Waals surface area (Å²) >= 11 is 0. The van der Waals surface area contributed by atoms with Gasteiger partial charge in [0.05, 0.1) is 5.69 Å². The third-order valence-corrected chi connectivity index (χ3v) is 7.31. The number of carbonyl (C=O) groups excluding carboxylic acids is 3. The second kappa shape index (κ2) is 6.85. The monoisotopic (exact) mass is 396 g/mol. The van der Waals surface area contributed by atoms with Crippen LogP contribution in [0.3, 0.4) is 0 Å². The Balaban J connectivity index is 1.27.